The number of nitrogens with zero attached hydrogens (tertiary/aromatic N) is 2. The number of hydrogen-bond acceptors (Lipinski definition) is 4. The zero-order valence-corrected chi connectivity index (χ0v) is 12.2. The summed E-state index contributed by atoms with van der Waals surface area (Å²) in [7, 11) is 0. The van der Waals surface area contributed by atoms with E-state index < -0.39 is 5.97 Å². The summed E-state index contributed by atoms with van der Waals surface area (Å²) in [6.45, 7) is 3.48. The van der Waals surface area contributed by atoms with Crippen molar-refractivity contribution in [3.8, 4) is 0 Å². The van der Waals surface area contributed by atoms with Crippen molar-refractivity contribution in [1.29, 1.82) is 0 Å². The Morgan fingerprint density at radius 2 is 2.29 bits per heavy atom. The average Bonchev–Trinajstić information content (AvgIpc) is 2.48. The average molecular weight is 291 g/mol. The minimum absolute atomic E-state index is 0.0460. The first kappa shape index (κ1) is 15.3. The van der Waals surface area contributed by atoms with Crippen molar-refractivity contribution in [2.45, 2.75) is 38.6 Å². The van der Waals surface area contributed by atoms with Crippen molar-refractivity contribution >= 4 is 17.7 Å². The molecule has 1 saturated heterocycles. The number of carboxylic acids is 1. The Hall–Kier alpha value is -2.11. The molecule has 0 radical (unpaired) electrons. The van der Waals surface area contributed by atoms with Crippen LogP contribution in [0.4, 0.5) is 5.82 Å². The second kappa shape index (κ2) is 7.06. The lowest BCUT2D eigenvalue weighted by Gasteiger charge is -2.34. The highest BCUT2D eigenvalue weighted by Gasteiger charge is 2.22. The molecule has 1 aliphatic heterocycles. The Bertz CT molecular complexity index is 519. The Balaban J connectivity index is 2.02. The fourth-order valence-corrected chi connectivity index (χ4v) is 2.55. The van der Waals surface area contributed by atoms with Gasteiger partial charge in [0.05, 0.1) is 0 Å². The second-order valence-corrected chi connectivity index (χ2v) is 5.29. The van der Waals surface area contributed by atoms with Gasteiger partial charge in [0.25, 0.3) is 0 Å². The lowest BCUT2D eigenvalue weighted by molar-refractivity contribution is -0.121. The first-order chi connectivity index (χ1) is 10.1. The van der Waals surface area contributed by atoms with Crippen molar-refractivity contribution in [1.82, 2.24) is 10.3 Å². The largest absolute Gasteiger partial charge is 0.477 e. The highest BCUT2D eigenvalue weighted by atomic mass is 16.4. The third kappa shape index (κ3) is 4.18. The van der Waals surface area contributed by atoms with Crippen LogP contribution in [0.1, 0.15) is 43.1 Å². The van der Waals surface area contributed by atoms with Crippen LogP contribution in [0.3, 0.4) is 0 Å². The van der Waals surface area contributed by atoms with Crippen LogP contribution in [-0.2, 0) is 4.79 Å². The molecule has 2 heterocycles. The van der Waals surface area contributed by atoms with E-state index in [1.807, 2.05) is 17.9 Å². The zero-order chi connectivity index (χ0) is 15.2. The highest BCUT2D eigenvalue weighted by molar-refractivity contribution is 5.85. The van der Waals surface area contributed by atoms with Gasteiger partial charge in [0.15, 0.2) is 5.69 Å². The van der Waals surface area contributed by atoms with Crippen LogP contribution in [0.5, 0.6) is 0 Å². The molecule has 0 saturated carbocycles. The standard InChI is InChI=1S/C15H21N3O3/c1-2-5-14(19)16-11-6-4-9-18(10-11)13-8-3-7-12(17-13)15(20)21/h3,7-8,11H,2,4-6,9-10H2,1H3,(H,16,19)(H,20,21). The number of anilines is 1. The molecular weight excluding hydrogens is 270 g/mol. The van der Waals surface area contributed by atoms with Crippen molar-refractivity contribution in [3.05, 3.63) is 23.9 Å². The molecule has 114 valence electrons. The molecule has 21 heavy (non-hydrogen) atoms. The van der Waals surface area contributed by atoms with Crippen LogP contribution in [-0.4, -0.2) is 41.1 Å². The molecule has 0 bridgehead atoms. The third-order valence-corrected chi connectivity index (χ3v) is 3.54. The van der Waals surface area contributed by atoms with Crippen LogP contribution in [0.25, 0.3) is 0 Å². The van der Waals surface area contributed by atoms with E-state index >= 15 is 0 Å². The number of aromatic nitrogens is 1. The Morgan fingerprint density at radius 3 is 3.00 bits per heavy atom. The first-order valence-electron chi connectivity index (χ1n) is 7.34. The van der Waals surface area contributed by atoms with E-state index in [0.717, 1.165) is 25.8 Å². The Kier molecular flexibility index (Phi) is 5.14. The van der Waals surface area contributed by atoms with Gasteiger partial charge in [-0.05, 0) is 31.4 Å². The van der Waals surface area contributed by atoms with Crippen molar-refractivity contribution in [2.75, 3.05) is 18.0 Å². The van der Waals surface area contributed by atoms with Crippen LogP contribution >= 0.6 is 0 Å². The van der Waals surface area contributed by atoms with Crippen LogP contribution in [0.15, 0.2) is 18.2 Å². The molecule has 1 aliphatic rings. The van der Waals surface area contributed by atoms with Gasteiger partial charge in [0, 0.05) is 25.6 Å². The molecule has 6 heteroatoms. The number of aromatic carboxylic acids is 1. The molecule has 0 spiro atoms. The SMILES string of the molecule is CCCC(=O)NC1CCCN(c2cccc(C(=O)O)n2)C1. The molecule has 0 aromatic carbocycles. The van der Waals surface area contributed by atoms with E-state index in [-0.39, 0.29) is 17.6 Å². The number of hydrogen-bond donors (Lipinski definition) is 2. The molecule has 2 N–H and O–H groups in total. The lowest BCUT2D eigenvalue weighted by atomic mass is 10.1. The van der Waals surface area contributed by atoms with E-state index in [2.05, 4.69) is 10.3 Å². The molecule has 1 amide bonds. The number of nitrogens with one attached hydrogen (secondary N) is 1. The number of carbonyl (C=O) groups excluding carboxylic acids is 1. The number of pyridine rings is 1. The molecule has 0 aliphatic carbocycles. The van der Waals surface area contributed by atoms with E-state index in [1.54, 1.807) is 6.07 Å². The predicted molar refractivity (Wildman–Crippen MR) is 79.5 cm³/mol. The zero-order valence-electron chi connectivity index (χ0n) is 12.2. The van der Waals surface area contributed by atoms with Crippen molar-refractivity contribution < 1.29 is 14.7 Å². The van der Waals surface area contributed by atoms with Crippen molar-refractivity contribution in [2.24, 2.45) is 0 Å². The Morgan fingerprint density at radius 1 is 1.48 bits per heavy atom. The van der Waals surface area contributed by atoms with Gasteiger partial charge in [0.1, 0.15) is 5.82 Å². The van der Waals surface area contributed by atoms with E-state index in [9.17, 15) is 9.59 Å². The van der Waals surface area contributed by atoms with Crippen LogP contribution in [0, 0.1) is 0 Å². The van der Waals surface area contributed by atoms with Gasteiger partial charge in [0.2, 0.25) is 5.91 Å². The van der Waals surface area contributed by atoms with Gasteiger partial charge in [-0.1, -0.05) is 13.0 Å². The summed E-state index contributed by atoms with van der Waals surface area (Å²) in [4.78, 5) is 28.8. The minimum atomic E-state index is -1.03. The summed E-state index contributed by atoms with van der Waals surface area (Å²) in [6.07, 6.45) is 3.29. The molecule has 1 aromatic heterocycles. The van der Waals surface area contributed by atoms with Gasteiger partial charge >= 0.3 is 5.97 Å². The molecule has 1 atom stereocenters. The number of piperidine rings is 1. The summed E-state index contributed by atoms with van der Waals surface area (Å²) in [5.41, 5.74) is 0.0460. The van der Waals surface area contributed by atoms with E-state index in [4.69, 9.17) is 5.11 Å². The second-order valence-electron chi connectivity index (χ2n) is 5.29. The van der Waals surface area contributed by atoms with Gasteiger partial charge in [-0.2, -0.15) is 0 Å². The molecule has 1 aromatic rings. The number of carbonyl (C=O) groups is 2. The number of rotatable bonds is 5. The summed E-state index contributed by atoms with van der Waals surface area (Å²) in [5.74, 6) is -0.289. The Labute approximate surface area is 124 Å². The van der Waals surface area contributed by atoms with Gasteiger partial charge in [-0.3, -0.25) is 4.79 Å². The van der Waals surface area contributed by atoms with E-state index in [1.165, 1.54) is 6.07 Å². The highest BCUT2D eigenvalue weighted by Crippen LogP contribution is 2.18. The number of amides is 1. The monoisotopic (exact) mass is 291 g/mol. The van der Waals surface area contributed by atoms with Gasteiger partial charge < -0.3 is 15.3 Å². The smallest absolute Gasteiger partial charge is 0.354 e. The van der Waals surface area contributed by atoms with Gasteiger partial charge in [-0.15, -0.1) is 0 Å². The topological polar surface area (TPSA) is 82.5 Å². The first-order valence-corrected chi connectivity index (χ1v) is 7.34. The summed E-state index contributed by atoms with van der Waals surface area (Å²) >= 11 is 0. The van der Waals surface area contributed by atoms with Crippen LogP contribution in [0.2, 0.25) is 0 Å². The maximum atomic E-state index is 11.7. The molecule has 1 fully saturated rings. The van der Waals surface area contributed by atoms with Gasteiger partial charge in [-0.25, -0.2) is 9.78 Å². The molecular formula is C15H21N3O3. The maximum Gasteiger partial charge on any atom is 0.354 e. The lowest BCUT2D eigenvalue weighted by Crippen LogP contribution is -2.48. The third-order valence-electron chi connectivity index (χ3n) is 3.54. The minimum Gasteiger partial charge on any atom is -0.477 e. The normalized spacial score (nSPS) is 18.3. The summed E-state index contributed by atoms with van der Waals surface area (Å²) in [5, 5.41) is 12.0. The fraction of sp³-hybridized carbons (Fsp3) is 0.533. The quantitative estimate of drug-likeness (QED) is 0.862. The summed E-state index contributed by atoms with van der Waals surface area (Å²) < 4.78 is 0. The maximum absolute atomic E-state index is 11.7. The summed E-state index contributed by atoms with van der Waals surface area (Å²) in [6, 6.07) is 5.09. The molecule has 2 rings (SSSR count). The molecule has 1 unspecified atom stereocenters. The van der Waals surface area contributed by atoms with Crippen LogP contribution < -0.4 is 10.2 Å². The number of carboxylic acid groups (broad SMARTS) is 1. The fourth-order valence-electron chi connectivity index (χ4n) is 2.55. The predicted octanol–water partition coefficient (Wildman–Crippen LogP) is 1.66. The van der Waals surface area contributed by atoms with Crippen molar-refractivity contribution in [3.63, 3.8) is 0 Å². The van der Waals surface area contributed by atoms with E-state index in [0.29, 0.717) is 18.8 Å². The molecule has 6 nitrogen and oxygen atoms in total.